The van der Waals surface area contributed by atoms with E-state index in [0.29, 0.717) is 5.56 Å². The Morgan fingerprint density at radius 2 is 2.00 bits per heavy atom. The highest BCUT2D eigenvalue weighted by molar-refractivity contribution is 14.1. The SMILES string of the molecule is O=C([O-])CNC(=O)c1cccc(I)c1I. The Balaban J connectivity index is 2.82. The lowest BCUT2D eigenvalue weighted by Gasteiger charge is -2.08. The third-order valence-corrected chi connectivity index (χ3v) is 4.68. The van der Waals surface area contributed by atoms with Crippen molar-refractivity contribution in [3.8, 4) is 0 Å². The highest BCUT2D eigenvalue weighted by atomic mass is 127. The van der Waals surface area contributed by atoms with E-state index >= 15 is 0 Å². The van der Waals surface area contributed by atoms with Gasteiger partial charge in [-0.25, -0.2) is 0 Å². The minimum atomic E-state index is -1.30. The van der Waals surface area contributed by atoms with Crippen LogP contribution < -0.4 is 10.4 Å². The van der Waals surface area contributed by atoms with Crippen molar-refractivity contribution >= 4 is 57.1 Å². The van der Waals surface area contributed by atoms with Crippen LogP contribution >= 0.6 is 45.2 Å². The van der Waals surface area contributed by atoms with Crippen LogP contribution in [0.1, 0.15) is 10.4 Å². The topological polar surface area (TPSA) is 69.2 Å². The quantitative estimate of drug-likeness (QED) is 0.706. The number of hydrogen-bond donors (Lipinski definition) is 1. The van der Waals surface area contributed by atoms with Crippen molar-refractivity contribution in [1.29, 1.82) is 0 Å². The van der Waals surface area contributed by atoms with E-state index in [1.165, 1.54) is 0 Å². The van der Waals surface area contributed by atoms with Crippen molar-refractivity contribution in [2.24, 2.45) is 0 Å². The maximum Gasteiger partial charge on any atom is 0.252 e. The van der Waals surface area contributed by atoms with Crippen LogP contribution in [-0.2, 0) is 4.79 Å². The van der Waals surface area contributed by atoms with Gasteiger partial charge in [0.2, 0.25) is 0 Å². The molecule has 0 aliphatic heterocycles. The number of carboxylic acids is 1. The zero-order valence-electron chi connectivity index (χ0n) is 7.42. The van der Waals surface area contributed by atoms with Crippen LogP contribution in [0.2, 0.25) is 0 Å². The molecule has 1 amide bonds. The molecule has 80 valence electrons. The molecule has 0 atom stereocenters. The molecule has 0 unspecified atom stereocenters. The summed E-state index contributed by atoms with van der Waals surface area (Å²) in [4.78, 5) is 21.7. The highest BCUT2D eigenvalue weighted by Gasteiger charge is 2.10. The number of carboxylic acid groups (broad SMARTS) is 1. The average molecular weight is 430 g/mol. The normalized spacial score (nSPS) is 9.73. The first-order chi connectivity index (χ1) is 7.02. The maximum atomic E-state index is 11.5. The monoisotopic (exact) mass is 430 g/mol. The van der Waals surface area contributed by atoms with Crippen LogP contribution in [0.5, 0.6) is 0 Å². The van der Waals surface area contributed by atoms with Gasteiger partial charge in [0.1, 0.15) is 0 Å². The van der Waals surface area contributed by atoms with Gasteiger partial charge in [0.25, 0.3) is 5.91 Å². The van der Waals surface area contributed by atoms with E-state index in [-0.39, 0.29) is 0 Å². The van der Waals surface area contributed by atoms with E-state index in [2.05, 4.69) is 27.9 Å². The van der Waals surface area contributed by atoms with Gasteiger partial charge in [-0.1, -0.05) is 6.07 Å². The summed E-state index contributed by atoms with van der Waals surface area (Å²) < 4.78 is 1.76. The summed E-state index contributed by atoms with van der Waals surface area (Å²) in [6.45, 7) is -0.472. The maximum absolute atomic E-state index is 11.5. The summed E-state index contributed by atoms with van der Waals surface area (Å²) in [5, 5.41) is 12.4. The molecule has 0 aliphatic rings. The number of rotatable bonds is 3. The van der Waals surface area contributed by atoms with Gasteiger partial charge in [0.15, 0.2) is 0 Å². The van der Waals surface area contributed by atoms with Crippen LogP contribution in [0.15, 0.2) is 18.2 Å². The van der Waals surface area contributed by atoms with Crippen molar-refractivity contribution < 1.29 is 14.7 Å². The number of carbonyl (C=O) groups is 2. The molecule has 4 nitrogen and oxygen atoms in total. The first kappa shape index (κ1) is 12.7. The molecule has 0 aromatic heterocycles. The van der Waals surface area contributed by atoms with Gasteiger partial charge in [-0.15, -0.1) is 0 Å². The minimum Gasteiger partial charge on any atom is -0.548 e. The molecule has 0 radical (unpaired) electrons. The van der Waals surface area contributed by atoms with E-state index < -0.39 is 18.4 Å². The molecule has 0 heterocycles. The van der Waals surface area contributed by atoms with Crippen LogP contribution in [0.4, 0.5) is 0 Å². The van der Waals surface area contributed by atoms with Gasteiger partial charge >= 0.3 is 0 Å². The van der Waals surface area contributed by atoms with Gasteiger partial charge in [-0.2, -0.15) is 0 Å². The van der Waals surface area contributed by atoms with Crippen molar-refractivity contribution in [3.05, 3.63) is 30.9 Å². The Morgan fingerprint density at radius 1 is 1.33 bits per heavy atom. The standard InChI is InChI=1S/C9H7I2NO3/c10-6-3-1-2-5(8(6)11)9(15)12-4-7(13)14/h1-3H,4H2,(H,12,15)(H,13,14)/p-1. The molecule has 1 aromatic carbocycles. The first-order valence-corrected chi connectivity index (χ1v) is 6.10. The van der Waals surface area contributed by atoms with E-state index in [4.69, 9.17) is 0 Å². The fraction of sp³-hybridized carbons (Fsp3) is 0.111. The molecule has 0 spiro atoms. The van der Waals surface area contributed by atoms with Crippen molar-refractivity contribution in [2.75, 3.05) is 6.54 Å². The Morgan fingerprint density at radius 3 is 2.60 bits per heavy atom. The second-order valence-electron chi connectivity index (χ2n) is 2.66. The molecule has 0 bridgehead atoms. The van der Waals surface area contributed by atoms with Crippen molar-refractivity contribution in [1.82, 2.24) is 5.32 Å². The molecule has 0 saturated carbocycles. The number of amides is 1. The Labute approximate surface area is 114 Å². The van der Waals surface area contributed by atoms with Gasteiger partial charge in [0, 0.05) is 7.14 Å². The average Bonchev–Trinajstić information content (AvgIpc) is 2.18. The zero-order valence-corrected chi connectivity index (χ0v) is 11.7. The molecule has 1 rings (SSSR count). The Hall–Kier alpha value is -0.380. The third-order valence-electron chi connectivity index (χ3n) is 1.59. The molecule has 0 fully saturated rings. The van der Waals surface area contributed by atoms with Gasteiger partial charge in [-0.05, 0) is 57.3 Å². The summed E-state index contributed by atoms with van der Waals surface area (Å²) in [6.07, 6.45) is 0. The van der Waals surface area contributed by atoms with E-state index in [1.54, 1.807) is 12.1 Å². The second-order valence-corrected chi connectivity index (χ2v) is 4.90. The van der Waals surface area contributed by atoms with Crippen LogP contribution in [-0.4, -0.2) is 18.4 Å². The summed E-state index contributed by atoms with van der Waals surface area (Å²) in [5.41, 5.74) is 0.476. The molecule has 0 aliphatic carbocycles. The fourth-order valence-corrected chi connectivity index (χ4v) is 2.03. The number of nitrogens with one attached hydrogen (secondary N) is 1. The fourth-order valence-electron chi connectivity index (χ4n) is 0.927. The molecular formula is C9H6I2NO3-. The number of carbonyl (C=O) groups excluding carboxylic acids is 2. The van der Waals surface area contributed by atoms with Gasteiger partial charge < -0.3 is 15.2 Å². The lowest BCUT2D eigenvalue weighted by atomic mass is 10.2. The number of benzene rings is 1. The molecular weight excluding hydrogens is 424 g/mol. The summed E-state index contributed by atoms with van der Waals surface area (Å²) in [5.74, 6) is -1.70. The molecule has 15 heavy (non-hydrogen) atoms. The van der Waals surface area contributed by atoms with Crippen molar-refractivity contribution in [3.63, 3.8) is 0 Å². The smallest absolute Gasteiger partial charge is 0.252 e. The van der Waals surface area contributed by atoms with Crippen molar-refractivity contribution in [2.45, 2.75) is 0 Å². The third kappa shape index (κ3) is 3.59. The minimum absolute atomic E-state index is 0.401. The number of hydrogen-bond acceptors (Lipinski definition) is 3. The Bertz CT molecular complexity index is 406. The van der Waals surface area contributed by atoms with E-state index in [0.717, 1.165) is 7.14 Å². The summed E-state index contributed by atoms with van der Waals surface area (Å²) in [6, 6.07) is 5.27. The van der Waals surface area contributed by atoms with Gasteiger partial charge in [-0.3, -0.25) is 4.79 Å². The molecule has 0 saturated heterocycles. The van der Waals surface area contributed by atoms with E-state index in [1.807, 2.05) is 28.7 Å². The largest absolute Gasteiger partial charge is 0.548 e. The lowest BCUT2D eigenvalue weighted by Crippen LogP contribution is -2.37. The van der Waals surface area contributed by atoms with E-state index in [9.17, 15) is 14.7 Å². The van der Waals surface area contributed by atoms with Crippen LogP contribution in [0, 0.1) is 7.14 Å². The Kier molecular flexibility index (Phi) is 4.77. The predicted molar refractivity (Wildman–Crippen MR) is 69.2 cm³/mol. The summed E-state index contributed by atoms with van der Waals surface area (Å²) >= 11 is 4.15. The second kappa shape index (κ2) is 5.64. The predicted octanol–water partition coefficient (Wildman–Crippen LogP) is 0.376. The van der Waals surface area contributed by atoms with Crippen LogP contribution in [0.3, 0.4) is 0 Å². The first-order valence-electron chi connectivity index (χ1n) is 3.94. The number of halogens is 2. The molecule has 1 aromatic rings. The molecule has 6 heteroatoms. The lowest BCUT2D eigenvalue weighted by molar-refractivity contribution is -0.303. The van der Waals surface area contributed by atoms with Gasteiger partial charge in [0.05, 0.1) is 18.1 Å². The number of aliphatic carboxylic acids is 1. The molecule has 1 N–H and O–H groups in total. The van der Waals surface area contributed by atoms with Crippen LogP contribution in [0.25, 0.3) is 0 Å². The zero-order chi connectivity index (χ0) is 11.4. The summed E-state index contributed by atoms with van der Waals surface area (Å²) in [7, 11) is 0. The highest BCUT2D eigenvalue weighted by Crippen LogP contribution is 2.18.